The Kier molecular flexibility index (Phi) is 7.40. The highest BCUT2D eigenvalue weighted by Crippen LogP contribution is 2.33. The summed E-state index contributed by atoms with van der Waals surface area (Å²) in [6.45, 7) is 0. The van der Waals surface area contributed by atoms with E-state index in [0.29, 0.717) is 0 Å². The van der Waals surface area contributed by atoms with E-state index in [9.17, 15) is 38.5 Å². The lowest BCUT2D eigenvalue weighted by molar-refractivity contribution is -0.347. The lowest BCUT2D eigenvalue weighted by atomic mass is 10.0. The van der Waals surface area contributed by atoms with E-state index in [1.807, 2.05) is 0 Å². The molecule has 122 valence electrons. The van der Waals surface area contributed by atoms with Crippen molar-refractivity contribution in [3.63, 3.8) is 0 Å². The van der Waals surface area contributed by atoms with E-state index in [0.717, 1.165) is 0 Å². The van der Waals surface area contributed by atoms with Crippen LogP contribution in [0.3, 0.4) is 0 Å². The molecule has 0 saturated heterocycles. The van der Waals surface area contributed by atoms with Crippen molar-refractivity contribution < 1.29 is 48.0 Å². The summed E-state index contributed by atoms with van der Waals surface area (Å²) >= 11 is 9.98. The number of rotatable bonds is 8. The Balaban J connectivity index is 5.43. The van der Waals surface area contributed by atoms with Crippen LogP contribution in [-0.2, 0) is 23.9 Å². The fourth-order valence-electron chi connectivity index (χ4n) is 1.03. The molecule has 8 nitrogen and oxygen atoms in total. The molecule has 0 aliphatic carbocycles. The molecule has 12 heteroatoms. The first-order chi connectivity index (χ1) is 9.55. The third-order valence-electron chi connectivity index (χ3n) is 2.04. The number of hydrogen-bond donors (Lipinski definition) is 3. The lowest BCUT2D eigenvalue weighted by Gasteiger charge is -2.36. The predicted octanol–water partition coefficient (Wildman–Crippen LogP) is -1.25. The van der Waals surface area contributed by atoms with E-state index >= 15 is 0 Å². The molecule has 0 aromatic rings. The van der Waals surface area contributed by atoms with Crippen LogP contribution in [0.2, 0.25) is 0 Å². The number of esters is 2. The van der Waals surface area contributed by atoms with Gasteiger partial charge in [-0.2, -0.15) is 8.78 Å². The van der Waals surface area contributed by atoms with Crippen molar-refractivity contribution in [3.8, 4) is 0 Å². The van der Waals surface area contributed by atoms with Gasteiger partial charge in [-0.15, -0.1) is 23.2 Å². The Morgan fingerprint density at radius 3 is 2.05 bits per heavy atom. The second kappa shape index (κ2) is 7.80. The standard InChI is InChI=1S/C9H10Cl2F2O8/c10-1-4(15)20-7(18)6(17)9(19,8(12,13)3-14)21-5(16)2-11/h3,6-7,17-19H,1-2H2/t6-,7?,9+/m1/s1. The van der Waals surface area contributed by atoms with E-state index < -0.39 is 54.1 Å². The molecule has 0 aliphatic rings. The summed E-state index contributed by atoms with van der Waals surface area (Å²) in [7, 11) is 0. The molecule has 0 spiro atoms. The average Bonchev–Trinajstić information content (AvgIpc) is 2.45. The number of aliphatic hydroxyl groups excluding tert-OH is 2. The summed E-state index contributed by atoms with van der Waals surface area (Å²) in [5.74, 6) is -13.9. The van der Waals surface area contributed by atoms with Gasteiger partial charge in [0.2, 0.25) is 6.29 Å². The maximum Gasteiger partial charge on any atom is 0.368 e. The summed E-state index contributed by atoms with van der Waals surface area (Å²) in [4.78, 5) is 32.0. The van der Waals surface area contributed by atoms with Gasteiger partial charge >= 0.3 is 23.6 Å². The van der Waals surface area contributed by atoms with Crippen molar-refractivity contribution in [3.05, 3.63) is 0 Å². The van der Waals surface area contributed by atoms with Crippen LogP contribution >= 0.6 is 23.2 Å². The number of halogens is 4. The van der Waals surface area contributed by atoms with Gasteiger partial charge in [-0.1, -0.05) is 0 Å². The summed E-state index contributed by atoms with van der Waals surface area (Å²) in [6.07, 6.45) is -7.00. The lowest BCUT2D eigenvalue weighted by Crippen LogP contribution is -2.64. The maximum absolute atomic E-state index is 13.4. The fourth-order valence-corrected chi connectivity index (χ4v) is 1.15. The minimum absolute atomic E-state index is 0.812. The minimum atomic E-state index is -4.84. The molecule has 0 bridgehead atoms. The third kappa shape index (κ3) is 4.71. The highest BCUT2D eigenvalue weighted by molar-refractivity contribution is 6.26. The minimum Gasteiger partial charge on any atom is -0.432 e. The third-order valence-corrected chi connectivity index (χ3v) is 2.47. The van der Waals surface area contributed by atoms with E-state index in [1.165, 1.54) is 0 Å². The normalized spacial score (nSPS) is 17.3. The predicted molar refractivity (Wildman–Crippen MR) is 61.6 cm³/mol. The fraction of sp³-hybridized carbons (Fsp3) is 0.667. The molecule has 0 fully saturated rings. The molecule has 0 aromatic heterocycles. The van der Waals surface area contributed by atoms with Crippen LogP contribution in [0.15, 0.2) is 0 Å². The largest absolute Gasteiger partial charge is 0.432 e. The Hall–Kier alpha value is -1.07. The number of carbonyl (C=O) groups excluding carboxylic acids is 3. The first kappa shape index (κ1) is 19.9. The number of hydrogen-bond acceptors (Lipinski definition) is 8. The monoisotopic (exact) mass is 354 g/mol. The molecule has 0 amide bonds. The van der Waals surface area contributed by atoms with E-state index in [1.54, 1.807) is 0 Å². The molecule has 0 radical (unpaired) electrons. The number of aldehydes is 1. The van der Waals surface area contributed by atoms with Crippen LogP contribution in [0.5, 0.6) is 0 Å². The molecule has 0 aromatic carbocycles. The van der Waals surface area contributed by atoms with Gasteiger partial charge in [0.15, 0.2) is 12.4 Å². The van der Waals surface area contributed by atoms with E-state index in [2.05, 4.69) is 9.47 Å². The summed E-state index contributed by atoms with van der Waals surface area (Å²) < 4.78 is 34.5. The van der Waals surface area contributed by atoms with Crippen molar-refractivity contribution in [2.75, 3.05) is 11.8 Å². The van der Waals surface area contributed by atoms with Gasteiger partial charge in [0.05, 0.1) is 0 Å². The van der Waals surface area contributed by atoms with Gasteiger partial charge in [0.25, 0.3) is 0 Å². The van der Waals surface area contributed by atoms with Crippen molar-refractivity contribution in [2.24, 2.45) is 0 Å². The highest BCUT2D eigenvalue weighted by atomic mass is 35.5. The first-order valence-electron chi connectivity index (χ1n) is 5.01. The topological polar surface area (TPSA) is 130 Å². The molecule has 3 atom stereocenters. The van der Waals surface area contributed by atoms with Crippen molar-refractivity contribution >= 4 is 41.4 Å². The second-order valence-electron chi connectivity index (χ2n) is 3.50. The quantitative estimate of drug-likeness (QED) is 0.213. The van der Waals surface area contributed by atoms with Crippen LogP contribution in [0.25, 0.3) is 0 Å². The Labute approximate surface area is 126 Å². The molecule has 0 rings (SSSR count). The van der Waals surface area contributed by atoms with Crippen LogP contribution in [0.1, 0.15) is 0 Å². The van der Waals surface area contributed by atoms with Crippen molar-refractivity contribution in [1.82, 2.24) is 0 Å². The summed E-state index contributed by atoms with van der Waals surface area (Å²) in [5, 5.41) is 28.2. The zero-order valence-corrected chi connectivity index (χ0v) is 11.6. The van der Waals surface area contributed by atoms with Crippen molar-refractivity contribution in [2.45, 2.75) is 24.1 Å². The van der Waals surface area contributed by atoms with E-state index in [4.69, 9.17) is 23.2 Å². The Morgan fingerprint density at radius 2 is 1.67 bits per heavy atom. The molecule has 3 N–H and O–H groups in total. The van der Waals surface area contributed by atoms with Crippen LogP contribution in [0, 0.1) is 0 Å². The van der Waals surface area contributed by atoms with Crippen LogP contribution < -0.4 is 0 Å². The zero-order chi connectivity index (χ0) is 16.8. The molecular formula is C9H10Cl2F2O8. The molecule has 0 heterocycles. The second-order valence-corrected chi connectivity index (χ2v) is 4.04. The van der Waals surface area contributed by atoms with Gasteiger partial charge in [-0.3, -0.25) is 14.4 Å². The zero-order valence-electron chi connectivity index (χ0n) is 10.0. The Bertz CT molecular complexity index is 407. The SMILES string of the molecule is O=CC(F)(F)[C@@](O)(OC(=O)CCl)[C@H](O)C(O)OC(=O)CCl. The average molecular weight is 355 g/mol. The Morgan fingerprint density at radius 1 is 1.19 bits per heavy atom. The first-order valence-corrected chi connectivity index (χ1v) is 6.08. The molecule has 21 heavy (non-hydrogen) atoms. The van der Waals surface area contributed by atoms with Crippen LogP contribution in [0.4, 0.5) is 8.78 Å². The highest BCUT2D eigenvalue weighted by Gasteiger charge is 2.64. The van der Waals surface area contributed by atoms with Gasteiger partial charge in [-0.25, -0.2) is 0 Å². The molecule has 0 saturated carbocycles. The van der Waals surface area contributed by atoms with Crippen LogP contribution in [-0.4, -0.2) is 69.4 Å². The molecule has 0 aliphatic heterocycles. The maximum atomic E-state index is 13.4. The molecule has 1 unspecified atom stereocenters. The summed E-state index contributed by atoms with van der Waals surface area (Å²) in [6, 6.07) is 0. The van der Waals surface area contributed by atoms with E-state index in [-0.39, 0.29) is 0 Å². The smallest absolute Gasteiger partial charge is 0.368 e. The number of carbonyl (C=O) groups is 3. The number of ether oxygens (including phenoxy) is 2. The summed E-state index contributed by atoms with van der Waals surface area (Å²) in [5.41, 5.74) is 0. The van der Waals surface area contributed by atoms with Crippen molar-refractivity contribution in [1.29, 1.82) is 0 Å². The van der Waals surface area contributed by atoms with Gasteiger partial charge in [0, 0.05) is 0 Å². The van der Waals surface area contributed by atoms with Gasteiger partial charge in [-0.05, 0) is 0 Å². The number of alkyl halides is 4. The number of aliphatic hydroxyl groups is 3. The van der Waals surface area contributed by atoms with Gasteiger partial charge in [0.1, 0.15) is 11.8 Å². The van der Waals surface area contributed by atoms with Gasteiger partial charge < -0.3 is 24.8 Å². The molecular weight excluding hydrogens is 345 g/mol.